The van der Waals surface area contributed by atoms with Crippen LogP contribution in [-0.2, 0) is 17.9 Å². The van der Waals surface area contributed by atoms with Gasteiger partial charge in [0.1, 0.15) is 18.2 Å². The highest BCUT2D eigenvalue weighted by atomic mass is 35.5. The first kappa shape index (κ1) is 23.6. The summed E-state index contributed by atoms with van der Waals surface area (Å²) >= 11 is 5.94. The molecule has 0 unspecified atom stereocenters. The van der Waals surface area contributed by atoms with Crippen molar-refractivity contribution in [3.05, 3.63) is 88.6 Å². The molecule has 8 heteroatoms. The summed E-state index contributed by atoms with van der Waals surface area (Å²) in [5, 5.41) is 3.65. The third-order valence-corrected chi connectivity index (χ3v) is 6.20. The Hall–Kier alpha value is -3.58. The fraction of sp³-hybridized carbons (Fsp3) is 0.269. The number of benzene rings is 2. The summed E-state index contributed by atoms with van der Waals surface area (Å²) in [4.78, 5) is 31.2. The van der Waals surface area contributed by atoms with Crippen LogP contribution >= 0.6 is 11.6 Å². The molecule has 1 fully saturated rings. The van der Waals surface area contributed by atoms with E-state index < -0.39 is 0 Å². The molecule has 0 atom stereocenters. The minimum atomic E-state index is -0.245. The van der Waals surface area contributed by atoms with Gasteiger partial charge in [0.05, 0.1) is 5.56 Å². The van der Waals surface area contributed by atoms with Crippen LogP contribution in [0.3, 0.4) is 0 Å². The fourth-order valence-corrected chi connectivity index (χ4v) is 4.15. The highest BCUT2D eigenvalue weighted by molar-refractivity contribution is 6.30. The monoisotopic (exact) mass is 478 g/mol. The maximum atomic E-state index is 13.0. The van der Waals surface area contributed by atoms with Crippen LogP contribution in [0.5, 0.6) is 5.75 Å². The topological polar surface area (TPSA) is 97.5 Å². The van der Waals surface area contributed by atoms with Gasteiger partial charge in [-0.2, -0.15) is 0 Å². The molecular formula is C26H27ClN4O3. The van der Waals surface area contributed by atoms with Gasteiger partial charge in [0, 0.05) is 42.3 Å². The second-order valence-corrected chi connectivity index (χ2v) is 8.68. The van der Waals surface area contributed by atoms with Crippen molar-refractivity contribution < 1.29 is 14.3 Å². The number of hydrogen-bond donors (Lipinski definition) is 2. The summed E-state index contributed by atoms with van der Waals surface area (Å²) in [6, 6.07) is 18.4. The predicted molar refractivity (Wildman–Crippen MR) is 132 cm³/mol. The van der Waals surface area contributed by atoms with E-state index in [4.69, 9.17) is 22.1 Å². The molecular weight excluding hydrogens is 452 g/mol. The van der Waals surface area contributed by atoms with Crippen molar-refractivity contribution >= 4 is 29.2 Å². The number of halogens is 1. The van der Waals surface area contributed by atoms with Crippen LogP contribution in [0.4, 0.5) is 5.82 Å². The molecule has 0 bridgehead atoms. The van der Waals surface area contributed by atoms with E-state index in [0.717, 1.165) is 16.9 Å². The molecule has 34 heavy (non-hydrogen) atoms. The third-order valence-electron chi connectivity index (χ3n) is 5.94. The maximum Gasteiger partial charge on any atom is 0.255 e. The first-order chi connectivity index (χ1) is 16.5. The van der Waals surface area contributed by atoms with Gasteiger partial charge in [-0.15, -0.1) is 0 Å². The molecule has 3 N–H and O–H groups in total. The highest BCUT2D eigenvalue weighted by Gasteiger charge is 2.25. The molecule has 0 radical (unpaired) electrons. The van der Waals surface area contributed by atoms with Gasteiger partial charge in [-0.05, 0) is 48.7 Å². The van der Waals surface area contributed by atoms with E-state index in [1.165, 1.54) is 0 Å². The zero-order chi connectivity index (χ0) is 23.9. The van der Waals surface area contributed by atoms with Gasteiger partial charge in [0.2, 0.25) is 5.91 Å². The van der Waals surface area contributed by atoms with Crippen LogP contribution in [0, 0.1) is 5.92 Å². The summed E-state index contributed by atoms with van der Waals surface area (Å²) < 4.78 is 5.92. The van der Waals surface area contributed by atoms with E-state index >= 15 is 0 Å². The number of nitrogens with two attached hydrogens (primary N) is 1. The molecule has 2 heterocycles. The number of amides is 2. The Morgan fingerprint density at radius 2 is 1.79 bits per heavy atom. The van der Waals surface area contributed by atoms with Crippen molar-refractivity contribution in [1.82, 2.24) is 10.3 Å². The molecule has 176 valence electrons. The number of carbonyl (C=O) groups is 2. The maximum absolute atomic E-state index is 13.0. The van der Waals surface area contributed by atoms with E-state index in [-0.39, 0.29) is 17.7 Å². The van der Waals surface area contributed by atoms with E-state index in [1.807, 2.05) is 36.4 Å². The Bertz CT molecular complexity index is 1140. The van der Waals surface area contributed by atoms with Gasteiger partial charge < -0.3 is 20.7 Å². The van der Waals surface area contributed by atoms with Gasteiger partial charge in [0.25, 0.3) is 5.91 Å². The number of piperidine rings is 1. The van der Waals surface area contributed by atoms with Gasteiger partial charge >= 0.3 is 0 Å². The van der Waals surface area contributed by atoms with Crippen LogP contribution in [0.2, 0.25) is 5.02 Å². The summed E-state index contributed by atoms with van der Waals surface area (Å²) in [5.74, 6) is 0.763. The van der Waals surface area contributed by atoms with E-state index in [2.05, 4.69) is 15.2 Å². The average molecular weight is 479 g/mol. The number of carbonyl (C=O) groups excluding carboxylic acids is 2. The van der Waals surface area contributed by atoms with E-state index in [1.54, 1.807) is 30.5 Å². The minimum Gasteiger partial charge on any atom is -0.488 e. The molecule has 0 aliphatic carbocycles. The third kappa shape index (κ3) is 5.85. The number of nitrogens with one attached hydrogen (secondary N) is 1. The zero-order valence-corrected chi connectivity index (χ0v) is 19.5. The van der Waals surface area contributed by atoms with E-state index in [0.29, 0.717) is 55.4 Å². The molecule has 1 saturated heterocycles. The smallest absolute Gasteiger partial charge is 0.255 e. The Balaban J connectivity index is 1.40. The molecule has 4 rings (SSSR count). The lowest BCUT2D eigenvalue weighted by molar-refractivity contribution is -0.122. The highest BCUT2D eigenvalue weighted by Crippen LogP contribution is 2.25. The number of pyridine rings is 1. The minimum absolute atomic E-state index is 0.0903. The number of ether oxygens (including phenoxy) is 1. The van der Waals surface area contributed by atoms with Gasteiger partial charge in [-0.25, -0.2) is 4.98 Å². The quantitative estimate of drug-likeness (QED) is 0.511. The van der Waals surface area contributed by atoms with Gasteiger partial charge in [0.15, 0.2) is 0 Å². The fourth-order valence-electron chi connectivity index (χ4n) is 4.02. The van der Waals surface area contributed by atoms with Crippen LogP contribution in [-0.4, -0.2) is 29.9 Å². The molecule has 1 aliphatic rings. The van der Waals surface area contributed by atoms with Crippen molar-refractivity contribution in [2.45, 2.75) is 26.0 Å². The van der Waals surface area contributed by atoms with Crippen molar-refractivity contribution in [2.75, 3.05) is 18.0 Å². The number of aromatic nitrogens is 1. The van der Waals surface area contributed by atoms with Crippen LogP contribution in [0.25, 0.3) is 0 Å². The number of nitrogens with zero attached hydrogens (tertiary/aromatic N) is 2. The number of hydrogen-bond acceptors (Lipinski definition) is 5. The second-order valence-electron chi connectivity index (χ2n) is 8.24. The number of primary amides is 1. The second kappa shape index (κ2) is 11.0. The lowest BCUT2D eigenvalue weighted by Gasteiger charge is -2.32. The Labute approximate surface area is 203 Å². The van der Waals surface area contributed by atoms with Crippen molar-refractivity contribution in [3.8, 4) is 5.75 Å². The molecule has 1 aliphatic heterocycles. The molecule has 3 aromatic rings. The van der Waals surface area contributed by atoms with Crippen molar-refractivity contribution in [3.63, 3.8) is 0 Å². The summed E-state index contributed by atoms with van der Waals surface area (Å²) in [6.45, 7) is 2.05. The number of anilines is 1. The molecule has 7 nitrogen and oxygen atoms in total. The van der Waals surface area contributed by atoms with Crippen LogP contribution in [0.15, 0.2) is 66.9 Å². The average Bonchev–Trinajstić information content (AvgIpc) is 2.87. The zero-order valence-electron chi connectivity index (χ0n) is 18.7. The lowest BCUT2D eigenvalue weighted by atomic mass is 9.96. The van der Waals surface area contributed by atoms with Gasteiger partial charge in [-0.1, -0.05) is 41.9 Å². The molecule has 0 saturated carbocycles. The van der Waals surface area contributed by atoms with E-state index in [9.17, 15) is 9.59 Å². The standard InChI is InChI=1S/C26H27ClN4O3/c27-21-9-7-18(8-10-21)17-34-23-6-2-1-5-22(23)26(33)30-16-20-4-3-13-29-25(20)31-14-11-19(12-15-31)24(28)32/h1-10,13,19H,11-12,14-17H2,(H2,28,32)(H,30,33). The summed E-state index contributed by atoms with van der Waals surface area (Å²) in [6.07, 6.45) is 3.15. The largest absolute Gasteiger partial charge is 0.488 e. The molecule has 1 aromatic heterocycles. The summed E-state index contributed by atoms with van der Waals surface area (Å²) in [5.41, 5.74) is 7.78. The molecule has 2 aromatic carbocycles. The van der Waals surface area contributed by atoms with Crippen molar-refractivity contribution in [2.24, 2.45) is 11.7 Å². The molecule has 0 spiro atoms. The number of rotatable bonds is 8. The first-order valence-corrected chi connectivity index (χ1v) is 11.6. The van der Waals surface area contributed by atoms with Crippen LogP contribution < -0.4 is 20.7 Å². The normalized spacial score (nSPS) is 14.0. The summed E-state index contributed by atoms with van der Waals surface area (Å²) in [7, 11) is 0. The first-order valence-electron chi connectivity index (χ1n) is 11.2. The predicted octanol–water partition coefficient (Wildman–Crippen LogP) is 3.95. The molecule has 2 amide bonds. The lowest BCUT2D eigenvalue weighted by Crippen LogP contribution is -2.39. The Morgan fingerprint density at radius 1 is 1.06 bits per heavy atom. The number of para-hydroxylation sites is 1. The SMILES string of the molecule is NC(=O)C1CCN(c2ncccc2CNC(=O)c2ccccc2OCc2ccc(Cl)cc2)CC1. The van der Waals surface area contributed by atoms with Crippen LogP contribution in [0.1, 0.15) is 34.3 Å². The van der Waals surface area contributed by atoms with Gasteiger partial charge in [-0.3, -0.25) is 9.59 Å². The Kier molecular flexibility index (Phi) is 7.65. The Morgan fingerprint density at radius 3 is 2.53 bits per heavy atom. The van der Waals surface area contributed by atoms with Crippen molar-refractivity contribution in [1.29, 1.82) is 0 Å².